The van der Waals surface area contributed by atoms with E-state index in [9.17, 15) is 13.2 Å². The van der Waals surface area contributed by atoms with Crippen molar-refractivity contribution in [1.29, 1.82) is 0 Å². The minimum Gasteiger partial charge on any atom is -0.326 e. The molecule has 0 aliphatic heterocycles. The normalized spacial score (nSPS) is 12.0. The Morgan fingerprint density at radius 3 is 2.53 bits per heavy atom. The molecule has 0 aliphatic rings. The van der Waals surface area contributed by atoms with Crippen molar-refractivity contribution < 1.29 is 8.42 Å². The van der Waals surface area contributed by atoms with E-state index < -0.39 is 15.6 Å². The Bertz CT molecular complexity index is 567. The fourth-order valence-corrected chi connectivity index (χ4v) is 2.80. The number of H-pyrrole nitrogens is 1. The Balaban J connectivity index is 2.71. The van der Waals surface area contributed by atoms with E-state index in [2.05, 4.69) is 14.6 Å². The summed E-state index contributed by atoms with van der Waals surface area (Å²) in [7, 11) is -3.64. The van der Waals surface area contributed by atoms with E-state index in [-0.39, 0.29) is 9.92 Å². The SMILES string of the molecule is CCN(CC)CCNS(=O)(=O)c1c[nH]c(=O)c(Cl)c1. The number of sulfonamides is 1. The molecule has 2 N–H and O–H groups in total. The summed E-state index contributed by atoms with van der Waals surface area (Å²) >= 11 is 5.61. The second kappa shape index (κ2) is 7.04. The lowest BCUT2D eigenvalue weighted by Gasteiger charge is -2.17. The van der Waals surface area contributed by atoms with Gasteiger partial charge in [-0.2, -0.15) is 0 Å². The molecule has 0 atom stereocenters. The van der Waals surface area contributed by atoms with Crippen LogP contribution >= 0.6 is 11.6 Å². The van der Waals surface area contributed by atoms with Gasteiger partial charge >= 0.3 is 0 Å². The van der Waals surface area contributed by atoms with Gasteiger partial charge in [0.15, 0.2) is 0 Å². The van der Waals surface area contributed by atoms with Gasteiger partial charge in [-0.3, -0.25) is 4.79 Å². The first-order valence-corrected chi connectivity index (χ1v) is 7.87. The number of hydrogen-bond donors (Lipinski definition) is 2. The largest absolute Gasteiger partial charge is 0.326 e. The highest BCUT2D eigenvalue weighted by molar-refractivity contribution is 7.89. The molecule has 19 heavy (non-hydrogen) atoms. The summed E-state index contributed by atoms with van der Waals surface area (Å²) in [5.74, 6) is 0. The fourth-order valence-electron chi connectivity index (χ4n) is 1.55. The Kier molecular flexibility index (Phi) is 5.99. The van der Waals surface area contributed by atoms with Gasteiger partial charge < -0.3 is 9.88 Å². The van der Waals surface area contributed by atoms with Gasteiger partial charge in [0, 0.05) is 19.3 Å². The quantitative estimate of drug-likeness (QED) is 0.775. The number of nitrogens with one attached hydrogen (secondary N) is 2. The molecule has 0 unspecified atom stereocenters. The Morgan fingerprint density at radius 2 is 2.00 bits per heavy atom. The van der Waals surface area contributed by atoms with Crippen LogP contribution in [0.2, 0.25) is 5.02 Å². The van der Waals surface area contributed by atoms with Crippen molar-refractivity contribution in [1.82, 2.24) is 14.6 Å². The summed E-state index contributed by atoms with van der Waals surface area (Å²) in [4.78, 5) is 15.4. The predicted molar refractivity (Wildman–Crippen MR) is 75.0 cm³/mol. The first-order chi connectivity index (χ1) is 8.90. The molecule has 0 bridgehead atoms. The van der Waals surface area contributed by atoms with Crippen molar-refractivity contribution in [3.05, 3.63) is 27.6 Å². The molecule has 8 heteroatoms. The van der Waals surface area contributed by atoms with Crippen LogP contribution in [0.25, 0.3) is 0 Å². The van der Waals surface area contributed by atoms with Gasteiger partial charge in [-0.15, -0.1) is 0 Å². The van der Waals surface area contributed by atoms with Crippen molar-refractivity contribution in [3.8, 4) is 0 Å². The molecule has 0 aromatic carbocycles. The molecule has 1 aromatic heterocycles. The van der Waals surface area contributed by atoms with E-state index in [1.54, 1.807) is 0 Å². The lowest BCUT2D eigenvalue weighted by Crippen LogP contribution is -2.35. The first-order valence-electron chi connectivity index (χ1n) is 6.01. The number of nitrogens with zero attached hydrogens (tertiary/aromatic N) is 1. The number of halogens is 1. The molecule has 0 saturated heterocycles. The highest BCUT2D eigenvalue weighted by Gasteiger charge is 2.15. The third-order valence-electron chi connectivity index (χ3n) is 2.76. The predicted octanol–water partition coefficient (Wildman–Crippen LogP) is 0.648. The molecule has 0 fully saturated rings. The maximum Gasteiger partial charge on any atom is 0.266 e. The summed E-state index contributed by atoms with van der Waals surface area (Å²) in [5, 5.41) is -0.147. The van der Waals surface area contributed by atoms with Gasteiger partial charge in [-0.1, -0.05) is 25.4 Å². The van der Waals surface area contributed by atoms with E-state index in [4.69, 9.17) is 11.6 Å². The number of hydrogen-bond acceptors (Lipinski definition) is 4. The average molecular weight is 308 g/mol. The molecular weight excluding hydrogens is 290 g/mol. The van der Waals surface area contributed by atoms with E-state index in [1.807, 2.05) is 13.8 Å². The first kappa shape index (κ1) is 16.2. The van der Waals surface area contributed by atoms with Crippen LogP contribution in [0, 0.1) is 0 Å². The minimum atomic E-state index is -3.64. The van der Waals surface area contributed by atoms with Crippen molar-refractivity contribution in [2.75, 3.05) is 26.2 Å². The molecule has 0 saturated carbocycles. The van der Waals surface area contributed by atoms with E-state index in [0.717, 1.165) is 25.4 Å². The minimum absolute atomic E-state index is 0.0448. The number of likely N-dealkylation sites (N-methyl/N-ethyl adjacent to an activating group) is 1. The lowest BCUT2D eigenvalue weighted by atomic mass is 10.5. The third kappa shape index (κ3) is 4.61. The van der Waals surface area contributed by atoms with Crippen LogP contribution in [0.5, 0.6) is 0 Å². The van der Waals surface area contributed by atoms with Crippen LogP contribution < -0.4 is 10.3 Å². The second-order valence-electron chi connectivity index (χ2n) is 3.94. The molecule has 6 nitrogen and oxygen atoms in total. The standard InChI is InChI=1S/C11H18ClN3O3S/c1-3-15(4-2)6-5-14-19(17,18)9-7-10(12)11(16)13-8-9/h7-8,14H,3-6H2,1-2H3,(H,13,16). The monoisotopic (exact) mass is 307 g/mol. The Hall–Kier alpha value is -0.890. The summed E-state index contributed by atoms with van der Waals surface area (Å²) in [6, 6.07) is 1.14. The molecule has 1 rings (SSSR count). The maximum absolute atomic E-state index is 11.9. The molecule has 0 radical (unpaired) electrons. The van der Waals surface area contributed by atoms with E-state index in [1.165, 1.54) is 0 Å². The zero-order valence-corrected chi connectivity index (χ0v) is 12.5. The second-order valence-corrected chi connectivity index (χ2v) is 6.11. The summed E-state index contributed by atoms with van der Waals surface area (Å²) in [5.41, 5.74) is -0.510. The topological polar surface area (TPSA) is 82.3 Å². The number of aromatic nitrogens is 1. The van der Waals surface area contributed by atoms with Crippen molar-refractivity contribution in [2.45, 2.75) is 18.7 Å². The van der Waals surface area contributed by atoms with Gasteiger partial charge in [0.05, 0.1) is 4.90 Å². The highest BCUT2D eigenvalue weighted by Crippen LogP contribution is 2.09. The summed E-state index contributed by atoms with van der Waals surface area (Å²) in [6.45, 7) is 6.69. The van der Waals surface area contributed by atoms with Gasteiger partial charge in [-0.05, 0) is 19.2 Å². The van der Waals surface area contributed by atoms with Crippen molar-refractivity contribution in [3.63, 3.8) is 0 Å². The Labute approximate surface area is 117 Å². The fraction of sp³-hybridized carbons (Fsp3) is 0.545. The number of rotatable bonds is 7. The summed E-state index contributed by atoms with van der Waals surface area (Å²) in [6.07, 6.45) is 1.13. The molecule has 1 aromatic rings. The van der Waals surface area contributed by atoms with Crippen LogP contribution in [0.15, 0.2) is 22.0 Å². The average Bonchev–Trinajstić information content (AvgIpc) is 2.37. The van der Waals surface area contributed by atoms with Crippen LogP contribution in [-0.2, 0) is 10.0 Å². The molecule has 1 heterocycles. The maximum atomic E-state index is 11.9. The third-order valence-corrected chi connectivity index (χ3v) is 4.48. The van der Waals surface area contributed by atoms with Crippen molar-refractivity contribution >= 4 is 21.6 Å². The molecule has 0 amide bonds. The number of aromatic amines is 1. The smallest absolute Gasteiger partial charge is 0.266 e. The van der Waals surface area contributed by atoms with Gasteiger partial charge in [0.1, 0.15) is 5.02 Å². The van der Waals surface area contributed by atoms with Crippen molar-refractivity contribution in [2.24, 2.45) is 0 Å². The zero-order valence-electron chi connectivity index (χ0n) is 10.9. The summed E-state index contributed by atoms with van der Waals surface area (Å²) < 4.78 is 26.4. The molecular formula is C11H18ClN3O3S. The van der Waals surface area contributed by atoms with E-state index in [0.29, 0.717) is 13.1 Å². The highest BCUT2D eigenvalue weighted by atomic mass is 35.5. The zero-order chi connectivity index (χ0) is 14.5. The molecule has 108 valence electrons. The van der Waals surface area contributed by atoms with Gasteiger partial charge in [0.25, 0.3) is 5.56 Å². The Morgan fingerprint density at radius 1 is 1.37 bits per heavy atom. The molecule has 0 spiro atoms. The van der Waals surface area contributed by atoms with Crippen LogP contribution in [-0.4, -0.2) is 44.5 Å². The lowest BCUT2D eigenvalue weighted by molar-refractivity contribution is 0.309. The molecule has 0 aliphatic carbocycles. The van der Waals surface area contributed by atoms with Crippen LogP contribution in [0.3, 0.4) is 0 Å². The van der Waals surface area contributed by atoms with Gasteiger partial charge in [0.2, 0.25) is 10.0 Å². The van der Waals surface area contributed by atoms with Gasteiger partial charge in [-0.25, -0.2) is 13.1 Å². The van der Waals surface area contributed by atoms with Crippen LogP contribution in [0.4, 0.5) is 0 Å². The van der Waals surface area contributed by atoms with Crippen LogP contribution in [0.1, 0.15) is 13.8 Å². The number of pyridine rings is 1. The van der Waals surface area contributed by atoms with E-state index >= 15 is 0 Å².